The van der Waals surface area contributed by atoms with E-state index in [1.165, 1.54) is 16.1 Å². The van der Waals surface area contributed by atoms with E-state index in [4.69, 9.17) is 0 Å². The molecule has 1 saturated heterocycles. The maximum absolute atomic E-state index is 13.7. The fourth-order valence-electron chi connectivity index (χ4n) is 2.74. The zero-order chi connectivity index (χ0) is 14.1. The van der Waals surface area contributed by atoms with Crippen molar-refractivity contribution in [1.82, 2.24) is 8.87 Å². The summed E-state index contributed by atoms with van der Waals surface area (Å²) in [6.45, 7) is 2.08. The molecule has 1 fully saturated rings. The molecule has 0 aliphatic carbocycles. The predicted octanol–water partition coefficient (Wildman–Crippen LogP) is 3.67. The topological polar surface area (TPSA) is 20.2 Å². The third-order valence-corrected chi connectivity index (χ3v) is 4.36. The molecule has 2 heterocycles. The second kappa shape index (κ2) is 5.61. The molecular weight excluding hydrogens is 280 g/mol. The monoisotopic (exact) mass is 297 g/mol. The summed E-state index contributed by atoms with van der Waals surface area (Å²) in [5.41, 5.74) is 1.32. The van der Waals surface area contributed by atoms with Gasteiger partial charge in [-0.25, -0.2) is 4.39 Å². The average Bonchev–Trinajstić information content (AvgIpc) is 2.84. The number of piperidine rings is 1. The summed E-state index contributed by atoms with van der Waals surface area (Å²) >= 11 is 0.0843. The molecular formula is C14H17F2N3S. The third kappa shape index (κ3) is 2.62. The molecule has 108 valence electrons. The van der Waals surface area contributed by atoms with E-state index in [1.807, 2.05) is 6.07 Å². The SMILES string of the molecule is CN1CCC(Nc2cc(F)cc3c2ccn3SF)CC1. The van der Waals surface area contributed by atoms with Crippen LogP contribution in [0.5, 0.6) is 0 Å². The molecule has 1 aromatic carbocycles. The number of rotatable bonds is 3. The highest BCUT2D eigenvalue weighted by atomic mass is 32.2. The van der Waals surface area contributed by atoms with Gasteiger partial charge in [-0.05, 0) is 51.2 Å². The molecule has 3 nitrogen and oxygen atoms in total. The van der Waals surface area contributed by atoms with Crippen LogP contribution in [-0.2, 0) is 0 Å². The van der Waals surface area contributed by atoms with Crippen LogP contribution in [0.4, 0.5) is 14.0 Å². The third-order valence-electron chi connectivity index (χ3n) is 3.89. The molecule has 0 bridgehead atoms. The Morgan fingerprint density at radius 1 is 1.30 bits per heavy atom. The molecule has 1 N–H and O–H groups in total. The number of halogens is 2. The Bertz CT molecular complexity index is 606. The highest BCUT2D eigenvalue weighted by Gasteiger charge is 2.18. The van der Waals surface area contributed by atoms with Gasteiger partial charge in [-0.3, -0.25) is 3.97 Å². The Balaban J connectivity index is 1.89. The molecule has 0 saturated carbocycles. The van der Waals surface area contributed by atoms with Crippen LogP contribution < -0.4 is 5.32 Å². The van der Waals surface area contributed by atoms with Crippen molar-refractivity contribution in [1.29, 1.82) is 0 Å². The first-order valence-corrected chi connectivity index (χ1v) is 7.39. The van der Waals surface area contributed by atoms with E-state index in [0.29, 0.717) is 11.6 Å². The lowest BCUT2D eigenvalue weighted by Crippen LogP contribution is -2.36. The second-order valence-electron chi connectivity index (χ2n) is 5.32. The lowest BCUT2D eigenvalue weighted by atomic mass is 10.0. The predicted molar refractivity (Wildman–Crippen MR) is 80.1 cm³/mol. The average molecular weight is 297 g/mol. The summed E-state index contributed by atoms with van der Waals surface area (Å²) in [7, 11) is 2.11. The van der Waals surface area contributed by atoms with Gasteiger partial charge in [0.25, 0.3) is 0 Å². The van der Waals surface area contributed by atoms with Crippen LogP contribution >= 0.6 is 12.3 Å². The molecule has 0 atom stereocenters. The van der Waals surface area contributed by atoms with Crippen molar-refractivity contribution in [2.75, 3.05) is 25.5 Å². The highest BCUT2D eigenvalue weighted by Crippen LogP contribution is 2.30. The standard InChI is InChI=1S/C14H17F2N3S/c1-18-5-2-11(3-6-18)17-13-8-10(15)9-14-12(13)4-7-19(14)20-16/h4,7-9,11,17H,2-3,5-6H2,1H3. The number of anilines is 1. The minimum absolute atomic E-state index is 0.0843. The first-order chi connectivity index (χ1) is 9.67. The number of aromatic nitrogens is 1. The maximum Gasteiger partial charge on any atom is 0.169 e. The van der Waals surface area contributed by atoms with Crippen LogP contribution in [0.25, 0.3) is 10.9 Å². The van der Waals surface area contributed by atoms with Gasteiger partial charge in [-0.2, -0.15) is 0 Å². The fourth-order valence-corrected chi connectivity index (χ4v) is 3.07. The van der Waals surface area contributed by atoms with E-state index in [2.05, 4.69) is 17.3 Å². The lowest BCUT2D eigenvalue weighted by molar-refractivity contribution is 0.264. The Labute approximate surface area is 121 Å². The van der Waals surface area contributed by atoms with Crippen molar-refractivity contribution < 1.29 is 8.28 Å². The Morgan fingerprint density at radius 3 is 2.75 bits per heavy atom. The molecule has 1 aromatic heterocycles. The zero-order valence-corrected chi connectivity index (χ0v) is 12.1. The molecule has 1 aliphatic rings. The van der Waals surface area contributed by atoms with E-state index in [9.17, 15) is 8.28 Å². The molecule has 20 heavy (non-hydrogen) atoms. The van der Waals surface area contributed by atoms with E-state index >= 15 is 0 Å². The Morgan fingerprint density at radius 2 is 2.05 bits per heavy atom. The molecule has 2 aromatic rings. The van der Waals surface area contributed by atoms with Crippen LogP contribution in [0.15, 0.2) is 24.4 Å². The van der Waals surface area contributed by atoms with Gasteiger partial charge in [-0.15, -0.1) is 3.89 Å². The van der Waals surface area contributed by atoms with Crippen molar-refractivity contribution in [3.05, 3.63) is 30.2 Å². The number of benzene rings is 1. The summed E-state index contributed by atoms with van der Waals surface area (Å²) in [5.74, 6) is -0.345. The molecule has 0 amide bonds. The molecule has 0 spiro atoms. The van der Waals surface area contributed by atoms with Crippen molar-refractivity contribution in [3.63, 3.8) is 0 Å². The van der Waals surface area contributed by atoms with Crippen LogP contribution in [-0.4, -0.2) is 35.1 Å². The number of nitrogens with one attached hydrogen (secondary N) is 1. The van der Waals surface area contributed by atoms with Crippen LogP contribution in [0.2, 0.25) is 0 Å². The summed E-state index contributed by atoms with van der Waals surface area (Å²) in [6, 6.07) is 5.02. The van der Waals surface area contributed by atoms with Gasteiger partial charge in [0.05, 0.1) is 5.52 Å². The zero-order valence-electron chi connectivity index (χ0n) is 11.3. The van der Waals surface area contributed by atoms with Crippen LogP contribution in [0.1, 0.15) is 12.8 Å². The Hall–Kier alpha value is -1.27. The van der Waals surface area contributed by atoms with Crippen molar-refractivity contribution >= 4 is 28.9 Å². The first kappa shape index (κ1) is 13.7. The number of likely N-dealkylation sites (tertiary alicyclic amines) is 1. The van der Waals surface area contributed by atoms with E-state index < -0.39 is 0 Å². The van der Waals surface area contributed by atoms with Gasteiger partial charge < -0.3 is 10.2 Å². The first-order valence-electron chi connectivity index (χ1n) is 6.72. The minimum atomic E-state index is -0.345. The quantitative estimate of drug-likeness (QED) is 0.933. The van der Waals surface area contributed by atoms with Crippen LogP contribution in [0.3, 0.4) is 0 Å². The smallest absolute Gasteiger partial charge is 0.169 e. The van der Waals surface area contributed by atoms with Gasteiger partial charge in [0.15, 0.2) is 12.3 Å². The molecule has 6 heteroatoms. The second-order valence-corrected chi connectivity index (χ2v) is 5.85. The molecule has 1 aliphatic heterocycles. The van der Waals surface area contributed by atoms with Gasteiger partial charge >= 0.3 is 0 Å². The highest BCUT2D eigenvalue weighted by molar-refractivity contribution is 7.92. The summed E-state index contributed by atoms with van der Waals surface area (Å²) in [4.78, 5) is 2.29. The van der Waals surface area contributed by atoms with E-state index in [0.717, 1.165) is 37.0 Å². The lowest BCUT2D eigenvalue weighted by Gasteiger charge is -2.30. The van der Waals surface area contributed by atoms with E-state index in [-0.39, 0.29) is 18.2 Å². The minimum Gasteiger partial charge on any atom is -0.382 e. The van der Waals surface area contributed by atoms with E-state index in [1.54, 1.807) is 6.20 Å². The Kier molecular flexibility index (Phi) is 3.85. The fraction of sp³-hybridized carbons (Fsp3) is 0.429. The summed E-state index contributed by atoms with van der Waals surface area (Å²) in [6.07, 6.45) is 3.69. The largest absolute Gasteiger partial charge is 0.382 e. The molecule has 3 rings (SSSR count). The number of hydrogen-bond acceptors (Lipinski definition) is 3. The van der Waals surface area contributed by atoms with Crippen molar-refractivity contribution in [2.24, 2.45) is 0 Å². The van der Waals surface area contributed by atoms with Gasteiger partial charge in [0.2, 0.25) is 0 Å². The normalized spacial score (nSPS) is 17.8. The van der Waals surface area contributed by atoms with Gasteiger partial charge in [0, 0.05) is 23.3 Å². The number of hydrogen-bond donors (Lipinski definition) is 1. The van der Waals surface area contributed by atoms with Crippen molar-refractivity contribution in [2.45, 2.75) is 18.9 Å². The summed E-state index contributed by atoms with van der Waals surface area (Å²) in [5, 5.41) is 4.27. The van der Waals surface area contributed by atoms with Crippen LogP contribution in [0, 0.1) is 5.82 Å². The van der Waals surface area contributed by atoms with Gasteiger partial charge in [0.1, 0.15) is 5.82 Å². The maximum atomic E-state index is 13.7. The number of fused-ring (bicyclic) bond motifs is 1. The van der Waals surface area contributed by atoms with Crippen molar-refractivity contribution in [3.8, 4) is 0 Å². The van der Waals surface area contributed by atoms with Gasteiger partial charge in [-0.1, -0.05) is 0 Å². The molecule has 0 radical (unpaired) electrons. The number of nitrogens with zero attached hydrogens (tertiary/aromatic N) is 2. The summed E-state index contributed by atoms with van der Waals surface area (Å²) < 4.78 is 27.8. The molecule has 0 unspecified atom stereocenters.